The first kappa shape index (κ1) is 21.2. The normalized spacial score (nSPS) is 19.8. The molecule has 0 N–H and O–H groups in total. The van der Waals surface area contributed by atoms with Crippen LogP contribution in [0.1, 0.15) is 45.8 Å². The van der Waals surface area contributed by atoms with Gasteiger partial charge in [-0.1, -0.05) is 16.8 Å². The van der Waals surface area contributed by atoms with Crippen LogP contribution in [0.25, 0.3) is 0 Å². The Morgan fingerprint density at radius 1 is 1.09 bits per heavy atom. The smallest absolute Gasteiger partial charge is 0.259 e. The molecule has 1 aromatic carbocycles. The van der Waals surface area contributed by atoms with Gasteiger partial charge in [-0.05, 0) is 50.6 Å². The van der Waals surface area contributed by atoms with E-state index < -0.39 is 5.54 Å². The number of halogens is 1. The van der Waals surface area contributed by atoms with Gasteiger partial charge in [0.1, 0.15) is 11.8 Å². The van der Waals surface area contributed by atoms with Crippen LogP contribution in [0.2, 0.25) is 5.02 Å². The Bertz CT molecular complexity index is 1340. The van der Waals surface area contributed by atoms with Gasteiger partial charge in [0.05, 0.1) is 35.0 Å². The summed E-state index contributed by atoms with van der Waals surface area (Å²) in [5.41, 5.74) is 4.03. The highest BCUT2D eigenvalue weighted by atomic mass is 35.5. The third-order valence-electron chi connectivity index (χ3n) is 7.34. The fraction of sp³-hybridized carbons (Fsp3) is 0.360. The molecular formula is C25H24ClN5O3. The van der Waals surface area contributed by atoms with Crippen LogP contribution < -0.4 is 9.80 Å². The molecule has 3 aliphatic rings. The van der Waals surface area contributed by atoms with Crippen molar-refractivity contribution in [3.05, 3.63) is 70.3 Å². The molecule has 0 atom stereocenters. The van der Waals surface area contributed by atoms with Gasteiger partial charge < -0.3 is 14.3 Å². The molecule has 2 amide bonds. The number of benzene rings is 1. The van der Waals surface area contributed by atoms with Crippen LogP contribution in [0.15, 0.2) is 47.4 Å². The second-order valence-electron chi connectivity index (χ2n) is 10.1. The number of aryl methyl sites for hydroxylation is 1. The van der Waals surface area contributed by atoms with E-state index in [4.69, 9.17) is 16.1 Å². The number of nitrogens with zero attached hydrogens (tertiary/aromatic N) is 5. The maximum absolute atomic E-state index is 13.3. The van der Waals surface area contributed by atoms with Crippen molar-refractivity contribution >= 4 is 34.8 Å². The van der Waals surface area contributed by atoms with Crippen LogP contribution in [0.4, 0.5) is 11.4 Å². The predicted molar refractivity (Wildman–Crippen MR) is 127 cm³/mol. The zero-order chi connectivity index (χ0) is 23.8. The van der Waals surface area contributed by atoms with E-state index in [-0.39, 0.29) is 17.2 Å². The fourth-order valence-electron chi connectivity index (χ4n) is 5.58. The molecule has 9 heteroatoms. The van der Waals surface area contributed by atoms with Crippen LogP contribution >= 0.6 is 11.6 Å². The number of aromatic nitrogens is 2. The molecule has 2 fully saturated rings. The molecule has 1 spiro atoms. The summed E-state index contributed by atoms with van der Waals surface area (Å²) in [4.78, 5) is 36.2. The average molecular weight is 478 g/mol. The Labute approximate surface area is 202 Å². The van der Waals surface area contributed by atoms with Gasteiger partial charge in [-0.25, -0.2) is 0 Å². The van der Waals surface area contributed by atoms with Gasteiger partial charge in [-0.2, -0.15) is 0 Å². The van der Waals surface area contributed by atoms with E-state index in [2.05, 4.69) is 15.0 Å². The number of rotatable bonds is 3. The molecule has 6 rings (SSSR count). The minimum Gasteiger partial charge on any atom is -0.369 e. The van der Waals surface area contributed by atoms with Crippen molar-refractivity contribution in [2.24, 2.45) is 5.41 Å². The van der Waals surface area contributed by atoms with Crippen LogP contribution in [0.5, 0.6) is 0 Å². The second kappa shape index (κ2) is 7.06. The topological polar surface area (TPSA) is 82.8 Å². The molecule has 3 aliphatic heterocycles. The third-order valence-corrected chi connectivity index (χ3v) is 7.57. The zero-order valence-electron chi connectivity index (χ0n) is 19.2. The molecule has 0 saturated carbocycles. The molecule has 0 bridgehead atoms. The maximum atomic E-state index is 13.3. The van der Waals surface area contributed by atoms with Crippen molar-refractivity contribution in [1.82, 2.24) is 15.0 Å². The molecule has 0 radical (unpaired) electrons. The van der Waals surface area contributed by atoms with Gasteiger partial charge in [0.15, 0.2) is 0 Å². The number of carbonyl (C=O) groups is 2. The van der Waals surface area contributed by atoms with Crippen LogP contribution in [-0.2, 0) is 5.54 Å². The number of anilines is 2. The minimum absolute atomic E-state index is 0.0269. The number of hydrogen-bond acceptors (Lipinski definition) is 6. The van der Waals surface area contributed by atoms with Crippen LogP contribution in [0, 0.1) is 12.3 Å². The number of carbonyl (C=O) groups excluding carboxylic acids is 2. The summed E-state index contributed by atoms with van der Waals surface area (Å²) in [7, 11) is 0. The summed E-state index contributed by atoms with van der Waals surface area (Å²) >= 11 is 6.22. The molecule has 8 nitrogen and oxygen atoms in total. The monoisotopic (exact) mass is 477 g/mol. The van der Waals surface area contributed by atoms with Gasteiger partial charge in [-0.15, -0.1) is 0 Å². The van der Waals surface area contributed by atoms with Gasteiger partial charge in [0.25, 0.3) is 11.8 Å². The van der Waals surface area contributed by atoms with Crippen molar-refractivity contribution in [3.63, 3.8) is 0 Å². The molecule has 174 valence electrons. The van der Waals surface area contributed by atoms with Gasteiger partial charge in [-0.3, -0.25) is 19.5 Å². The predicted octanol–water partition coefficient (Wildman–Crippen LogP) is 3.89. The Morgan fingerprint density at radius 2 is 1.82 bits per heavy atom. The highest BCUT2D eigenvalue weighted by Crippen LogP contribution is 2.45. The summed E-state index contributed by atoms with van der Waals surface area (Å²) in [5, 5.41) is 4.42. The van der Waals surface area contributed by atoms with E-state index in [0.717, 1.165) is 30.0 Å². The first-order valence-corrected chi connectivity index (χ1v) is 11.6. The molecule has 5 heterocycles. The quantitative estimate of drug-likeness (QED) is 0.569. The highest BCUT2D eigenvalue weighted by Gasteiger charge is 2.54. The highest BCUT2D eigenvalue weighted by molar-refractivity contribution is 6.31. The number of likely N-dealkylation sites (tertiary alicyclic amines) is 1. The molecular weight excluding hydrogens is 454 g/mol. The Morgan fingerprint density at radius 3 is 2.53 bits per heavy atom. The number of hydrogen-bond donors (Lipinski definition) is 0. The van der Waals surface area contributed by atoms with Gasteiger partial charge in [0, 0.05) is 42.2 Å². The zero-order valence-corrected chi connectivity index (χ0v) is 20.0. The van der Waals surface area contributed by atoms with E-state index in [1.165, 1.54) is 6.26 Å². The summed E-state index contributed by atoms with van der Waals surface area (Å²) in [6.45, 7) is 8.94. The fourth-order valence-corrected chi connectivity index (χ4v) is 5.75. The number of fused-ring (bicyclic) bond motifs is 1. The van der Waals surface area contributed by atoms with E-state index in [1.807, 2.05) is 37.1 Å². The number of pyridine rings is 1. The molecule has 3 aromatic rings. The summed E-state index contributed by atoms with van der Waals surface area (Å²) < 4.78 is 4.91. The van der Waals surface area contributed by atoms with Crippen molar-refractivity contribution in [1.29, 1.82) is 0 Å². The van der Waals surface area contributed by atoms with Crippen molar-refractivity contribution < 1.29 is 14.1 Å². The lowest BCUT2D eigenvalue weighted by molar-refractivity contribution is -0.0106. The van der Waals surface area contributed by atoms with Crippen molar-refractivity contribution in [2.75, 3.05) is 36.0 Å². The van der Waals surface area contributed by atoms with E-state index >= 15 is 0 Å². The van der Waals surface area contributed by atoms with Gasteiger partial charge in [0.2, 0.25) is 0 Å². The number of amides is 2. The molecule has 2 aromatic heterocycles. The van der Waals surface area contributed by atoms with E-state index in [9.17, 15) is 9.59 Å². The minimum atomic E-state index is -0.539. The lowest BCUT2D eigenvalue weighted by atomic mass is 9.72. The van der Waals surface area contributed by atoms with Crippen molar-refractivity contribution in [2.45, 2.75) is 26.3 Å². The van der Waals surface area contributed by atoms with Gasteiger partial charge >= 0.3 is 0 Å². The maximum Gasteiger partial charge on any atom is 0.259 e. The summed E-state index contributed by atoms with van der Waals surface area (Å²) in [5.74, 6) is -0.0752. The third kappa shape index (κ3) is 2.98. The Kier molecular flexibility index (Phi) is 4.39. The SMILES string of the molecule is Cc1nocc1C(=O)N1CC2(C1)CN(c1cncc(N3C(=O)c4ccc(Cl)cc4C3(C)C)c1)C2. The first-order chi connectivity index (χ1) is 16.2. The lowest BCUT2D eigenvalue weighted by Crippen LogP contribution is -2.73. The van der Waals surface area contributed by atoms with E-state index in [0.29, 0.717) is 34.9 Å². The first-order valence-electron chi connectivity index (χ1n) is 11.2. The van der Waals surface area contributed by atoms with Crippen LogP contribution in [0.3, 0.4) is 0 Å². The summed E-state index contributed by atoms with van der Waals surface area (Å²) in [6, 6.07) is 7.44. The molecule has 0 aliphatic carbocycles. The Hall–Kier alpha value is -3.39. The molecule has 0 unspecified atom stereocenters. The standard InChI is InChI=1S/C25H24ClN5O3/c1-15-20(10-34-28-15)22(32)30-13-25(14-30)11-29(12-25)17-7-18(9-27-8-17)31-23(33)19-5-4-16(26)6-21(19)24(31,2)3/h4-10H,11-14H2,1-3H3. The van der Waals surface area contributed by atoms with Crippen LogP contribution in [-0.4, -0.2) is 53.0 Å². The molecule has 2 saturated heterocycles. The second-order valence-corrected chi connectivity index (χ2v) is 10.6. The largest absolute Gasteiger partial charge is 0.369 e. The van der Waals surface area contributed by atoms with Crippen molar-refractivity contribution in [3.8, 4) is 0 Å². The lowest BCUT2D eigenvalue weighted by Gasteiger charge is -2.60. The van der Waals surface area contributed by atoms with E-state index in [1.54, 1.807) is 30.2 Å². The average Bonchev–Trinajstić information content (AvgIpc) is 3.25. The molecule has 34 heavy (non-hydrogen) atoms. The summed E-state index contributed by atoms with van der Waals surface area (Å²) in [6.07, 6.45) is 4.98. The Balaban J connectivity index is 1.17.